The van der Waals surface area contributed by atoms with Gasteiger partial charge in [-0.2, -0.15) is 0 Å². The van der Waals surface area contributed by atoms with Crippen molar-refractivity contribution >= 4 is 17.2 Å². The van der Waals surface area contributed by atoms with Gasteiger partial charge in [0.2, 0.25) is 0 Å². The van der Waals surface area contributed by atoms with Crippen molar-refractivity contribution in [3.63, 3.8) is 0 Å². The molecule has 0 aliphatic heterocycles. The quantitative estimate of drug-likeness (QED) is 0.790. The molecule has 0 bridgehead atoms. The fraction of sp³-hybridized carbons (Fsp3) is 0.118. The van der Waals surface area contributed by atoms with Crippen molar-refractivity contribution in [1.29, 1.82) is 0 Å². The van der Waals surface area contributed by atoms with Gasteiger partial charge in [0.05, 0.1) is 6.20 Å². The van der Waals surface area contributed by atoms with Gasteiger partial charge in [-0.3, -0.25) is 14.0 Å². The molecule has 0 aliphatic rings. The van der Waals surface area contributed by atoms with Crippen LogP contribution in [0.1, 0.15) is 21.5 Å². The van der Waals surface area contributed by atoms with Crippen molar-refractivity contribution in [3.05, 3.63) is 75.8 Å². The molecular weight excluding hydrogens is 278 g/mol. The second-order valence-corrected chi connectivity index (χ2v) is 5.23. The Labute approximate surface area is 127 Å². The Morgan fingerprint density at radius 2 is 1.91 bits per heavy atom. The Kier molecular flexibility index (Phi) is 3.47. The van der Waals surface area contributed by atoms with E-state index < -0.39 is 0 Å². The van der Waals surface area contributed by atoms with Crippen LogP contribution in [0.2, 0.25) is 0 Å². The highest BCUT2D eigenvalue weighted by Crippen LogP contribution is 2.08. The highest BCUT2D eigenvalue weighted by molar-refractivity contribution is 6.04. The average molecular weight is 293 g/mol. The van der Waals surface area contributed by atoms with Crippen LogP contribution in [0.25, 0.3) is 5.65 Å². The van der Waals surface area contributed by atoms with Gasteiger partial charge in [-0.15, -0.1) is 0 Å². The van der Waals surface area contributed by atoms with E-state index in [1.807, 2.05) is 32.0 Å². The second kappa shape index (κ2) is 5.44. The molecule has 0 radical (unpaired) electrons. The molecular formula is C17H15N3O2. The summed E-state index contributed by atoms with van der Waals surface area (Å²) >= 11 is 0. The van der Waals surface area contributed by atoms with Crippen molar-refractivity contribution in [2.45, 2.75) is 13.8 Å². The van der Waals surface area contributed by atoms with Gasteiger partial charge in [-0.1, -0.05) is 17.7 Å². The Morgan fingerprint density at radius 3 is 2.68 bits per heavy atom. The first-order valence-electron chi connectivity index (χ1n) is 6.90. The van der Waals surface area contributed by atoms with Crippen molar-refractivity contribution in [2.75, 3.05) is 5.32 Å². The zero-order valence-corrected chi connectivity index (χ0v) is 12.3. The third-order valence-corrected chi connectivity index (χ3v) is 3.39. The number of pyridine rings is 1. The molecule has 110 valence electrons. The van der Waals surface area contributed by atoms with Crippen molar-refractivity contribution in [3.8, 4) is 0 Å². The monoisotopic (exact) mass is 293 g/mol. The predicted octanol–water partition coefficient (Wildman–Crippen LogP) is 2.56. The summed E-state index contributed by atoms with van der Waals surface area (Å²) in [5.41, 5.74) is 2.92. The van der Waals surface area contributed by atoms with E-state index in [0.29, 0.717) is 11.2 Å². The standard InChI is InChI=1S/C17H15N3O2/c1-11-4-3-5-13(8-11)16(21)19-14-10-18-15-9-12(2)6-7-20(15)17(14)22/h3-10H,1-2H3,(H,19,21). The molecule has 5 heteroatoms. The van der Waals surface area contributed by atoms with Gasteiger partial charge in [0, 0.05) is 11.8 Å². The Hall–Kier alpha value is -2.95. The summed E-state index contributed by atoms with van der Waals surface area (Å²) in [6.45, 7) is 3.84. The lowest BCUT2D eigenvalue weighted by atomic mass is 10.1. The minimum absolute atomic E-state index is 0.160. The topological polar surface area (TPSA) is 63.5 Å². The molecule has 1 N–H and O–H groups in total. The van der Waals surface area contributed by atoms with Crippen LogP contribution in [0.4, 0.5) is 5.69 Å². The number of aromatic nitrogens is 2. The summed E-state index contributed by atoms with van der Waals surface area (Å²) in [7, 11) is 0. The van der Waals surface area contributed by atoms with Gasteiger partial charge in [-0.25, -0.2) is 4.98 Å². The first-order valence-corrected chi connectivity index (χ1v) is 6.90. The molecule has 3 rings (SSSR count). The summed E-state index contributed by atoms with van der Waals surface area (Å²) in [6.07, 6.45) is 3.05. The number of rotatable bonds is 2. The normalized spacial score (nSPS) is 10.6. The number of aryl methyl sites for hydroxylation is 2. The van der Waals surface area contributed by atoms with Crippen LogP contribution in [0, 0.1) is 13.8 Å². The number of anilines is 1. The Balaban J connectivity index is 1.97. The minimum atomic E-state index is -0.324. The Morgan fingerprint density at radius 1 is 1.14 bits per heavy atom. The van der Waals surface area contributed by atoms with Gasteiger partial charge >= 0.3 is 0 Å². The second-order valence-electron chi connectivity index (χ2n) is 5.23. The predicted molar refractivity (Wildman–Crippen MR) is 85.3 cm³/mol. The molecule has 0 aliphatic carbocycles. The van der Waals surface area contributed by atoms with E-state index in [1.165, 1.54) is 10.6 Å². The number of hydrogen-bond donors (Lipinski definition) is 1. The van der Waals surface area contributed by atoms with E-state index in [-0.39, 0.29) is 17.2 Å². The number of carbonyl (C=O) groups is 1. The summed E-state index contributed by atoms with van der Waals surface area (Å²) < 4.78 is 1.42. The van der Waals surface area contributed by atoms with E-state index >= 15 is 0 Å². The zero-order chi connectivity index (χ0) is 15.7. The van der Waals surface area contributed by atoms with E-state index in [1.54, 1.807) is 24.4 Å². The molecule has 3 aromatic rings. The number of nitrogens with one attached hydrogen (secondary N) is 1. The zero-order valence-electron chi connectivity index (χ0n) is 12.3. The van der Waals surface area contributed by atoms with Crippen LogP contribution in [0.15, 0.2) is 53.6 Å². The fourth-order valence-electron chi connectivity index (χ4n) is 2.24. The van der Waals surface area contributed by atoms with Gasteiger partial charge in [0.25, 0.3) is 11.5 Å². The molecule has 1 aromatic carbocycles. The van der Waals surface area contributed by atoms with Gasteiger partial charge in [-0.05, 0) is 43.7 Å². The summed E-state index contributed by atoms with van der Waals surface area (Å²) in [5.74, 6) is -0.324. The van der Waals surface area contributed by atoms with Gasteiger partial charge < -0.3 is 5.32 Å². The number of amides is 1. The van der Waals surface area contributed by atoms with Gasteiger partial charge in [0.1, 0.15) is 11.3 Å². The number of nitrogens with zero attached hydrogens (tertiary/aromatic N) is 2. The molecule has 2 heterocycles. The van der Waals surface area contributed by atoms with Crippen LogP contribution in [-0.2, 0) is 0 Å². The molecule has 0 spiro atoms. The van der Waals surface area contributed by atoms with Crippen molar-refractivity contribution < 1.29 is 4.79 Å². The largest absolute Gasteiger partial charge is 0.316 e. The third kappa shape index (κ3) is 2.61. The molecule has 5 nitrogen and oxygen atoms in total. The van der Waals surface area contributed by atoms with Crippen LogP contribution in [-0.4, -0.2) is 15.3 Å². The van der Waals surface area contributed by atoms with Crippen LogP contribution in [0.3, 0.4) is 0 Å². The summed E-state index contributed by atoms with van der Waals surface area (Å²) in [6, 6.07) is 10.8. The fourth-order valence-corrected chi connectivity index (χ4v) is 2.24. The lowest BCUT2D eigenvalue weighted by molar-refractivity contribution is 0.102. The maximum Gasteiger partial charge on any atom is 0.281 e. The highest BCUT2D eigenvalue weighted by Gasteiger charge is 2.10. The van der Waals surface area contributed by atoms with Crippen molar-refractivity contribution in [1.82, 2.24) is 9.38 Å². The first kappa shape index (κ1) is 14.0. The molecule has 0 unspecified atom stereocenters. The van der Waals surface area contributed by atoms with Gasteiger partial charge in [0.15, 0.2) is 0 Å². The minimum Gasteiger partial charge on any atom is -0.316 e. The Bertz CT molecular complexity index is 929. The lowest BCUT2D eigenvalue weighted by Crippen LogP contribution is -2.23. The average Bonchev–Trinajstić information content (AvgIpc) is 2.50. The van der Waals surface area contributed by atoms with E-state index in [0.717, 1.165) is 11.1 Å². The SMILES string of the molecule is Cc1cccc(C(=O)Nc2cnc3cc(C)ccn3c2=O)c1. The first-order chi connectivity index (χ1) is 10.5. The maximum atomic E-state index is 12.4. The molecule has 22 heavy (non-hydrogen) atoms. The van der Waals surface area contributed by atoms with Crippen molar-refractivity contribution in [2.24, 2.45) is 0 Å². The van der Waals surface area contributed by atoms with E-state index in [2.05, 4.69) is 10.3 Å². The smallest absolute Gasteiger partial charge is 0.281 e. The summed E-state index contributed by atoms with van der Waals surface area (Å²) in [5, 5.41) is 2.63. The molecule has 0 saturated carbocycles. The van der Waals surface area contributed by atoms with E-state index in [9.17, 15) is 9.59 Å². The third-order valence-electron chi connectivity index (χ3n) is 3.39. The number of fused-ring (bicyclic) bond motifs is 1. The van der Waals surface area contributed by atoms with E-state index in [4.69, 9.17) is 0 Å². The van der Waals surface area contributed by atoms with Crippen LogP contribution in [0.5, 0.6) is 0 Å². The number of carbonyl (C=O) groups excluding carboxylic acids is 1. The van der Waals surface area contributed by atoms with Crippen LogP contribution < -0.4 is 10.9 Å². The molecule has 0 atom stereocenters. The molecule has 0 saturated heterocycles. The number of benzene rings is 1. The number of hydrogen-bond acceptors (Lipinski definition) is 3. The lowest BCUT2D eigenvalue weighted by Gasteiger charge is -2.07. The highest BCUT2D eigenvalue weighted by atomic mass is 16.2. The molecule has 0 fully saturated rings. The molecule has 1 amide bonds. The van der Waals surface area contributed by atoms with Crippen LogP contribution >= 0.6 is 0 Å². The molecule has 2 aromatic heterocycles. The summed E-state index contributed by atoms with van der Waals surface area (Å²) in [4.78, 5) is 28.8. The maximum absolute atomic E-state index is 12.4.